The average molecular weight is 477 g/mol. The van der Waals surface area contributed by atoms with Crippen molar-refractivity contribution in [2.24, 2.45) is 5.92 Å². The van der Waals surface area contributed by atoms with Gasteiger partial charge in [0.1, 0.15) is 17.4 Å². The number of hydrogen-bond donors (Lipinski definition) is 1. The van der Waals surface area contributed by atoms with Crippen LogP contribution in [0.2, 0.25) is 0 Å². The summed E-state index contributed by atoms with van der Waals surface area (Å²) < 4.78 is 18.2. The summed E-state index contributed by atoms with van der Waals surface area (Å²) in [5.74, 6) is 0.376. The lowest BCUT2D eigenvalue weighted by atomic mass is 9.79. The highest BCUT2D eigenvalue weighted by Crippen LogP contribution is 2.50. The number of methoxy groups -OCH3 is 1. The van der Waals surface area contributed by atoms with Crippen LogP contribution in [0.1, 0.15) is 25.5 Å². The number of rotatable bonds is 4. The molecule has 152 valence electrons. The summed E-state index contributed by atoms with van der Waals surface area (Å²) >= 11 is 9.16. The first-order valence-electron chi connectivity index (χ1n) is 9.29. The molecule has 1 N–H and O–H groups in total. The summed E-state index contributed by atoms with van der Waals surface area (Å²) in [7, 11) is 1.60. The fourth-order valence-electron chi connectivity index (χ4n) is 4.06. The zero-order valence-corrected chi connectivity index (χ0v) is 18.7. The van der Waals surface area contributed by atoms with Crippen LogP contribution < -0.4 is 19.7 Å². The van der Waals surface area contributed by atoms with Crippen molar-refractivity contribution in [1.29, 1.82) is 0 Å². The van der Waals surface area contributed by atoms with Crippen molar-refractivity contribution in [2.45, 2.75) is 25.6 Å². The van der Waals surface area contributed by atoms with E-state index in [9.17, 15) is 4.79 Å². The van der Waals surface area contributed by atoms with E-state index in [1.807, 2.05) is 54.3 Å². The molecule has 4 rings (SSSR count). The highest BCUT2D eigenvalue weighted by atomic mass is 79.9. The number of ether oxygens (including phenoxy) is 3. The van der Waals surface area contributed by atoms with Crippen LogP contribution in [-0.4, -0.2) is 30.5 Å². The maximum absolute atomic E-state index is 13.1. The van der Waals surface area contributed by atoms with Crippen LogP contribution in [0.3, 0.4) is 0 Å². The number of nitrogens with zero attached hydrogens (tertiary/aromatic N) is 1. The number of nitrogens with one attached hydrogen (secondary N) is 1. The minimum atomic E-state index is -1.06. The van der Waals surface area contributed by atoms with Gasteiger partial charge in [0.15, 0.2) is 5.11 Å². The SMILES string of the molecule is CCOC(=O)[C@H]1[C@H]2NC(=S)N(c3ccc(Br)cc3)[C@@]1(C)Oc1ccc(OC)cc12. The van der Waals surface area contributed by atoms with E-state index in [1.54, 1.807) is 14.0 Å². The molecule has 8 heteroatoms. The number of fused-ring (bicyclic) bond motifs is 4. The van der Waals surface area contributed by atoms with Crippen molar-refractivity contribution >= 4 is 44.9 Å². The first kappa shape index (κ1) is 20.0. The quantitative estimate of drug-likeness (QED) is 0.524. The summed E-state index contributed by atoms with van der Waals surface area (Å²) in [5, 5.41) is 3.82. The molecule has 29 heavy (non-hydrogen) atoms. The Morgan fingerprint density at radius 2 is 2.03 bits per heavy atom. The van der Waals surface area contributed by atoms with Crippen LogP contribution >= 0.6 is 28.1 Å². The lowest BCUT2D eigenvalue weighted by Crippen LogP contribution is -2.71. The number of carbonyl (C=O) groups is 1. The monoisotopic (exact) mass is 476 g/mol. The molecule has 6 nitrogen and oxygen atoms in total. The van der Waals surface area contributed by atoms with Crippen LogP contribution in [0.5, 0.6) is 11.5 Å². The van der Waals surface area contributed by atoms with E-state index in [0.29, 0.717) is 16.6 Å². The van der Waals surface area contributed by atoms with E-state index in [1.165, 1.54) is 0 Å². The molecule has 2 aromatic rings. The Kier molecular flexibility index (Phi) is 5.16. The summed E-state index contributed by atoms with van der Waals surface area (Å²) in [6, 6.07) is 12.9. The smallest absolute Gasteiger partial charge is 0.317 e. The van der Waals surface area contributed by atoms with E-state index in [0.717, 1.165) is 15.7 Å². The van der Waals surface area contributed by atoms with Gasteiger partial charge in [-0.1, -0.05) is 15.9 Å². The highest BCUT2D eigenvalue weighted by Gasteiger charge is 2.59. The van der Waals surface area contributed by atoms with Gasteiger partial charge in [0.2, 0.25) is 5.72 Å². The molecule has 2 aliphatic rings. The molecule has 0 unspecified atom stereocenters. The van der Waals surface area contributed by atoms with E-state index >= 15 is 0 Å². The van der Waals surface area contributed by atoms with Crippen LogP contribution in [0.4, 0.5) is 5.69 Å². The third-order valence-electron chi connectivity index (χ3n) is 5.33. The number of esters is 1. The summed E-state index contributed by atoms with van der Waals surface area (Å²) in [4.78, 5) is 14.9. The molecular formula is C21H21BrN2O4S. The number of hydrogen-bond acceptors (Lipinski definition) is 5. The Bertz CT molecular complexity index is 968. The van der Waals surface area contributed by atoms with Gasteiger partial charge in [-0.15, -0.1) is 0 Å². The summed E-state index contributed by atoms with van der Waals surface area (Å²) in [6.45, 7) is 3.96. The number of halogens is 1. The van der Waals surface area contributed by atoms with Crippen LogP contribution in [0, 0.1) is 5.92 Å². The number of anilines is 1. The van der Waals surface area contributed by atoms with Gasteiger partial charge in [-0.25, -0.2) is 0 Å². The van der Waals surface area contributed by atoms with Gasteiger partial charge in [-0.05, 0) is 68.5 Å². The molecule has 3 atom stereocenters. The maximum Gasteiger partial charge on any atom is 0.317 e. The predicted octanol–water partition coefficient (Wildman–Crippen LogP) is 4.18. The Balaban J connectivity index is 1.88. The summed E-state index contributed by atoms with van der Waals surface area (Å²) in [6.07, 6.45) is 0. The zero-order valence-electron chi connectivity index (χ0n) is 16.3. The molecule has 0 radical (unpaired) electrons. The van der Waals surface area contributed by atoms with E-state index in [4.69, 9.17) is 26.4 Å². The second kappa shape index (κ2) is 7.50. The molecule has 0 saturated carbocycles. The second-order valence-corrected chi connectivity index (χ2v) is 8.33. The van der Waals surface area contributed by atoms with Gasteiger partial charge in [0, 0.05) is 15.7 Å². The van der Waals surface area contributed by atoms with Gasteiger partial charge in [0.25, 0.3) is 0 Å². The Morgan fingerprint density at radius 3 is 2.69 bits per heavy atom. The molecule has 0 aliphatic carbocycles. The lowest BCUT2D eigenvalue weighted by Gasteiger charge is -2.55. The molecule has 0 amide bonds. The van der Waals surface area contributed by atoms with Crippen LogP contribution in [0.15, 0.2) is 46.9 Å². The molecule has 2 aliphatic heterocycles. The fourth-order valence-corrected chi connectivity index (χ4v) is 4.74. The molecule has 0 spiro atoms. The lowest BCUT2D eigenvalue weighted by molar-refractivity contribution is -0.159. The third-order valence-corrected chi connectivity index (χ3v) is 6.16. The molecule has 2 aromatic carbocycles. The number of benzene rings is 2. The zero-order chi connectivity index (χ0) is 20.8. The van der Waals surface area contributed by atoms with Crippen LogP contribution in [-0.2, 0) is 9.53 Å². The highest BCUT2D eigenvalue weighted by molar-refractivity contribution is 9.10. The minimum absolute atomic E-state index is 0.284. The Morgan fingerprint density at radius 1 is 1.31 bits per heavy atom. The summed E-state index contributed by atoms with van der Waals surface area (Å²) in [5.41, 5.74) is 0.574. The topological polar surface area (TPSA) is 60.0 Å². The van der Waals surface area contributed by atoms with E-state index < -0.39 is 17.7 Å². The molecule has 0 aromatic heterocycles. The van der Waals surface area contributed by atoms with Gasteiger partial charge in [-0.2, -0.15) is 0 Å². The Hall–Kier alpha value is -2.32. The van der Waals surface area contributed by atoms with E-state index in [-0.39, 0.29) is 12.6 Å². The second-order valence-electron chi connectivity index (χ2n) is 7.03. The normalized spacial score (nSPS) is 24.8. The fraction of sp³-hybridized carbons (Fsp3) is 0.333. The first-order chi connectivity index (χ1) is 13.9. The van der Waals surface area contributed by atoms with E-state index in [2.05, 4.69) is 21.2 Å². The minimum Gasteiger partial charge on any atom is -0.497 e. The van der Waals surface area contributed by atoms with Crippen molar-refractivity contribution in [3.05, 3.63) is 52.5 Å². The third kappa shape index (κ3) is 3.24. The van der Waals surface area contributed by atoms with Gasteiger partial charge < -0.3 is 19.5 Å². The van der Waals surface area contributed by atoms with Crippen molar-refractivity contribution in [3.63, 3.8) is 0 Å². The van der Waals surface area contributed by atoms with Crippen molar-refractivity contribution in [1.82, 2.24) is 5.32 Å². The number of carbonyl (C=O) groups excluding carboxylic acids is 1. The standard InChI is InChI=1S/C21H21BrN2O4S/c1-4-27-19(25)17-18-15-11-14(26-3)9-10-16(15)28-21(17,2)24(20(29)23-18)13-7-5-12(22)6-8-13/h5-11,17-18H,4H2,1-3H3,(H,23,29)/t17-,18+,21+/m1/s1. The molecule has 2 heterocycles. The van der Waals surface area contributed by atoms with Gasteiger partial charge in [0.05, 0.1) is 19.8 Å². The number of thiocarbonyl (C=S) groups is 1. The Labute approximate surface area is 183 Å². The van der Waals surface area contributed by atoms with Crippen molar-refractivity contribution < 1.29 is 19.0 Å². The first-order valence-corrected chi connectivity index (χ1v) is 10.5. The predicted molar refractivity (Wildman–Crippen MR) is 117 cm³/mol. The van der Waals surface area contributed by atoms with Gasteiger partial charge in [-0.3, -0.25) is 9.69 Å². The van der Waals surface area contributed by atoms with Crippen LogP contribution in [0.25, 0.3) is 0 Å². The van der Waals surface area contributed by atoms with Crippen molar-refractivity contribution in [3.8, 4) is 11.5 Å². The maximum atomic E-state index is 13.1. The molecule has 1 saturated heterocycles. The molecule has 1 fully saturated rings. The average Bonchev–Trinajstić information content (AvgIpc) is 2.68. The molecule has 2 bridgehead atoms. The van der Waals surface area contributed by atoms with Crippen molar-refractivity contribution in [2.75, 3.05) is 18.6 Å². The molecular weight excluding hydrogens is 456 g/mol. The largest absolute Gasteiger partial charge is 0.497 e. The van der Waals surface area contributed by atoms with Gasteiger partial charge >= 0.3 is 5.97 Å².